The molecule has 0 saturated carbocycles. The quantitative estimate of drug-likeness (QED) is 0.842. The van der Waals surface area contributed by atoms with Crippen molar-refractivity contribution in [2.75, 3.05) is 16.8 Å². The topological polar surface area (TPSA) is 82.5 Å². The summed E-state index contributed by atoms with van der Waals surface area (Å²) in [7, 11) is 0. The molecule has 1 aromatic heterocycles. The summed E-state index contributed by atoms with van der Waals surface area (Å²) in [6, 6.07) is 7.61. The zero-order valence-electron chi connectivity index (χ0n) is 15.2. The van der Waals surface area contributed by atoms with Crippen LogP contribution in [-0.2, 0) is 9.59 Å². The first kappa shape index (κ1) is 18.5. The van der Waals surface area contributed by atoms with Gasteiger partial charge < -0.3 is 15.3 Å². The third kappa shape index (κ3) is 3.64. The van der Waals surface area contributed by atoms with Gasteiger partial charge in [0.2, 0.25) is 5.91 Å². The van der Waals surface area contributed by atoms with E-state index in [2.05, 4.69) is 24.1 Å². The molecule has 0 radical (unpaired) electrons. The molecule has 0 bridgehead atoms. The largest absolute Gasteiger partial charge is 0.383 e. The SMILES string of the molecule is CCC(=O)Nc1nc(-c2ccc(N3CC[C@H](O)C3=O)cc2)c(C(C)C)s1. The molecular formula is C19H23N3O3S. The van der Waals surface area contributed by atoms with Crippen LogP contribution in [0, 0.1) is 0 Å². The van der Waals surface area contributed by atoms with Crippen LogP contribution in [0.15, 0.2) is 24.3 Å². The fraction of sp³-hybridized carbons (Fsp3) is 0.421. The van der Waals surface area contributed by atoms with E-state index < -0.39 is 6.10 Å². The number of hydrogen-bond acceptors (Lipinski definition) is 5. The molecule has 6 nitrogen and oxygen atoms in total. The zero-order chi connectivity index (χ0) is 18.8. The molecule has 26 heavy (non-hydrogen) atoms. The van der Waals surface area contributed by atoms with Gasteiger partial charge in [0.1, 0.15) is 6.10 Å². The van der Waals surface area contributed by atoms with E-state index in [9.17, 15) is 14.7 Å². The molecule has 1 atom stereocenters. The van der Waals surface area contributed by atoms with E-state index in [1.807, 2.05) is 31.2 Å². The lowest BCUT2D eigenvalue weighted by Crippen LogP contribution is -2.28. The van der Waals surface area contributed by atoms with Crippen LogP contribution in [0.25, 0.3) is 11.3 Å². The number of rotatable bonds is 5. The van der Waals surface area contributed by atoms with E-state index in [-0.39, 0.29) is 17.7 Å². The molecule has 1 aliphatic rings. The van der Waals surface area contributed by atoms with Crippen molar-refractivity contribution in [3.63, 3.8) is 0 Å². The Labute approximate surface area is 156 Å². The van der Waals surface area contributed by atoms with E-state index in [1.54, 1.807) is 4.90 Å². The van der Waals surface area contributed by atoms with Gasteiger partial charge in [-0.25, -0.2) is 4.98 Å². The summed E-state index contributed by atoms with van der Waals surface area (Å²) in [4.78, 5) is 30.9. The monoisotopic (exact) mass is 373 g/mol. The summed E-state index contributed by atoms with van der Waals surface area (Å²) in [6.07, 6.45) is -0.0217. The Kier molecular flexibility index (Phi) is 5.38. The normalized spacial score (nSPS) is 17.2. The second kappa shape index (κ2) is 7.55. The summed E-state index contributed by atoms with van der Waals surface area (Å²) in [5, 5.41) is 13.1. The van der Waals surface area contributed by atoms with Crippen LogP contribution < -0.4 is 10.2 Å². The van der Waals surface area contributed by atoms with Crippen LogP contribution >= 0.6 is 11.3 Å². The lowest BCUT2D eigenvalue weighted by molar-refractivity contribution is -0.124. The average Bonchev–Trinajstić information content (AvgIpc) is 3.19. The highest BCUT2D eigenvalue weighted by Gasteiger charge is 2.30. The molecule has 1 saturated heterocycles. The lowest BCUT2D eigenvalue weighted by Gasteiger charge is -2.16. The van der Waals surface area contributed by atoms with Gasteiger partial charge in [-0.05, 0) is 18.1 Å². The second-order valence-corrected chi connectivity index (χ2v) is 7.66. The Morgan fingerprint density at radius 2 is 2.08 bits per heavy atom. The third-order valence-electron chi connectivity index (χ3n) is 4.37. The molecule has 2 N–H and O–H groups in total. The van der Waals surface area contributed by atoms with E-state index in [0.717, 1.165) is 21.8 Å². The number of carbonyl (C=O) groups is 2. The van der Waals surface area contributed by atoms with Gasteiger partial charge in [-0.2, -0.15) is 0 Å². The van der Waals surface area contributed by atoms with Gasteiger partial charge in [0.05, 0.1) is 5.69 Å². The minimum absolute atomic E-state index is 0.0537. The lowest BCUT2D eigenvalue weighted by atomic mass is 10.1. The first-order chi connectivity index (χ1) is 12.4. The van der Waals surface area contributed by atoms with Crippen LogP contribution in [-0.4, -0.2) is 34.6 Å². The van der Waals surface area contributed by atoms with Crippen molar-refractivity contribution in [1.82, 2.24) is 4.98 Å². The Bertz CT molecular complexity index is 814. The minimum Gasteiger partial charge on any atom is -0.383 e. The summed E-state index contributed by atoms with van der Waals surface area (Å²) >= 11 is 1.50. The molecule has 138 valence electrons. The second-order valence-electron chi connectivity index (χ2n) is 6.63. The highest BCUT2D eigenvalue weighted by atomic mass is 32.1. The Morgan fingerprint density at radius 1 is 1.38 bits per heavy atom. The van der Waals surface area contributed by atoms with E-state index in [1.165, 1.54) is 11.3 Å². The summed E-state index contributed by atoms with van der Waals surface area (Å²) in [5.41, 5.74) is 2.57. The molecule has 1 fully saturated rings. The van der Waals surface area contributed by atoms with E-state index >= 15 is 0 Å². The minimum atomic E-state index is -0.898. The van der Waals surface area contributed by atoms with Crippen LogP contribution in [0.4, 0.5) is 10.8 Å². The van der Waals surface area contributed by atoms with Crippen LogP contribution in [0.3, 0.4) is 0 Å². The fourth-order valence-corrected chi connectivity index (χ4v) is 3.92. The Morgan fingerprint density at radius 3 is 2.62 bits per heavy atom. The average molecular weight is 373 g/mol. The number of nitrogens with one attached hydrogen (secondary N) is 1. The van der Waals surface area contributed by atoms with E-state index in [0.29, 0.717) is 24.5 Å². The van der Waals surface area contributed by atoms with Crippen LogP contribution in [0.2, 0.25) is 0 Å². The highest BCUT2D eigenvalue weighted by molar-refractivity contribution is 7.16. The van der Waals surface area contributed by atoms with Gasteiger partial charge in [-0.15, -0.1) is 11.3 Å². The van der Waals surface area contributed by atoms with Crippen molar-refractivity contribution in [1.29, 1.82) is 0 Å². The number of benzene rings is 1. The van der Waals surface area contributed by atoms with Crippen LogP contribution in [0.5, 0.6) is 0 Å². The highest BCUT2D eigenvalue weighted by Crippen LogP contribution is 2.37. The fourth-order valence-electron chi connectivity index (χ4n) is 2.91. The first-order valence-corrected chi connectivity index (χ1v) is 9.62. The number of amides is 2. The maximum atomic E-state index is 12.0. The number of hydrogen-bond donors (Lipinski definition) is 2. The van der Waals surface area contributed by atoms with Crippen molar-refractivity contribution in [3.05, 3.63) is 29.1 Å². The molecule has 0 unspecified atom stereocenters. The van der Waals surface area contributed by atoms with E-state index in [4.69, 9.17) is 0 Å². The number of nitrogens with zero attached hydrogens (tertiary/aromatic N) is 2. The van der Waals surface area contributed by atoms with Crippen molar-refractivity contribution in [2.45, 2.75) is 45.6 Å². The molecule has 2 heterocycles. The zero-order valence-corrected chi connectivity index (χ0v) is 16.0. The van der Waals surface area contributed by atoms with Gasteiger partial charge in [0.25, 0.3) is 5.91 Å². The maximum absolute atomic E-state index is 12.0. The molecule has 3 rings (SSSR count). The number of anilines is 2. The summed E-state index contributed by atoms with van der Waals surface area (Å²) in [5.74, 6) is -0.0225. The van der Waals surface area contributed by atoms with Gasteiger partial charge in [0, 0.05) is 35.5 Å². The van der Waals surface area contributed by atoms with Gasteiger partial charge in [0.15, 0.2) is 5.13 Å². The number of carbonyl (C=O) groups excluding carboxylic acids is 2. The summed E-state index contributed by atoms with van der Waals surface area (Å²) in [6.45, 7) is 6.53. The molecule has 0 spiro atoms. The van der Waals surface area contributed by atoms with Gasteiger partial charge in [-0.1, -0.05) is 32.9 Å². The first-order valence-electron chi connectivity index (χ1n) is 8.81. The predicted molar refractivity (Wildman–Crippen MR) is 104 cm³/mol. The molecule has 2 aromatic rings. The molecule has 7 heteroatoms. The number of aliphatic hydroxyl groups is 1. The van der Waals surface area contributed by atoms with Crippen LogP contribution in [0.1, 0.15) is 44.4 Å². The number of aliphatic hydroxyl groups excluding tert-OH is 1. The summed E-state index contributed by atoms with van der Waals surface area (Å²) < 4.78 is 0. The Hall–Kier alpha value is -2.25. The molecular weight excluding hydrogens is 350 g/mol. The van der Waals surface area contributed by atoms with Crippen molar-refractivity contribution in [3.8, 4) is 11.3 Å². The molecule has 1 aliphatic heterocycles. The number of thiazole rings is 1. The molecule has 2 amide bonds. The smallest absolute Gasteiger partial charge is 0.255 e. The standard InChI is InChI=1S/C19H23N3O3S/c1-4-15(24)20-19-21-16(17(26-19)11(2)3)12-5-7-13(8-6-12)22-10-9-14(23)18(22)25/h5-8,11,14,23H,4,9-10H2,1-3H3,(H,20,21,24)/t14-/m0/s1. The van der Waals surface area contributed by atoms with Crippen molar-refractivity contribution < 1.29 is 14.7 Å². The Balaban J connectivity index is 1.88. The predicted octanol–water partition coefficient (Wildman–Crippen LogP) is 3.38. The van der Waals surface area contributed by atoms with Crippen molar-refractivity contribution in [2.24, 2.45) is 0 Å². The van der Waals surface area contributed by atoms with Crippen molar-refractivity contribution >= 4 is 34.0 Å². The van der Waals surface area contributed by atoms with Gasteiger partial charge in [-0.3, -0.25) is 9.59 Å². The van der Waals surface area contributed by atoms with Gasteiger partial charge >= 0.3 is 0 Å². The molecule has 0 aliphatic carbocycles. The number of aromatic nitrogens is 1. The molecule has 1 aromatic carbocycles. The third-order valence-corrected chi connectivity index (χ3v) is 5.65. The maximum Gasteiger partial charge on any atom is 0.255 e.